The van der Waals surface area contributed by atoms with Crippen LogP contribution in [0.1, 0.15) is 18.9 Å². The first kappa shape index (κ1) is 13.1. The molecule has 15 heavy (non-hydrogen) atoms. The van der Waals surface area contributed by atoms with Gasteiger partial charge in [0.05, 0.1) is 0 Å². The molecule has 0 amide bonds. The molecule has 2 N–H and O–H groups in total. The molecular formula is C11H16INOS. The number of hydrogen-bond acceptors (Lipinski definition) is 2. The van der Waals surface area contributed by atoms with Crippen LogP contribution in [0.15, 0.2) is 24.3 Å². The van der Waals surface area contributed by atoms with Crippen LogP contribution in [0.4, 0.5) is 0 Å². The Morgan fingerprint density at radius 1 is 1.40 bits per heavy atom. The third-order valence-corrected chi connectivity index (χ3v) is 4.11. The highest BCUT2D eigenvalue weighted by atomic mass is 127. The Morgan fingerprint density at radius 2 is 2.00 bits per heavy atom. The fourth-order valence-corrected chi connectivity index (χ4v) is 2.86. The van der Waals surface area contributed by atoms with E-state index in [-0.39, 0.29) is 6.04 Å². The molecule has 0 fully saturated rings. The van der Waals surface area contributed by atoms with Gasteiger partial charge in [-0.05, 0) is 53.6 Å². The second-order valence-corrected chi connectivity index (χ2v) is 6.50. The zero-order valence-electron chi connectivity index (χ0n) is 8.78. The van der Waals surface area contributed by atoms with Gasteiger partial charge in [0.25, 0.3) is 0 Å². The summed E-state index contributed by atoms with van der Waals surface area (Å²) >= 11 is 2.26. The van der Waals surface area contributed by atoms with Gasteiger partial charge in [0, 0.05) is 31.9 Å². The average molecular weight is 337 g/mol. The smallest absolute Gasteiger partial charge is 0.0485 e. The third-order valence-electron chi connectivity index (χ3n) is 2.04. The van der Waals surface area contributed by atoms with E-state index in [4.69, 9.17) is 5.73 Å². The maximum Gasteiger partial charge on any atom is 0.0485 e. The summed E-state index contributed by atoms with van der Waals surface area (Å²) < 4.78 is 12.9. The van der Waals surface area contributed by atoms with E-state index >= 15 is 0 Å². The minimum atomic E-state index is -0.781. The van der Waals surface area contributed by atoms with Crippen molar-refractivity contribution >= 4 is 33.4 Å². The maximum atomic E-state index is 11.7. The first-order valence-electron chi connectivity index (χ1n) is 4.93. The van der Waals surface area contributed by atoms with Crippen molar-refractivity contribution in [1.29, 1.82) is 0 Å². The number of hydrogen-bond donors (Lipinski definition) is 1. The van der Waals surface area contributed by atoms with Crippen molar-refractivity contribution in [3.05, 3.63) is 33.4 Å². The largest absolute Gasteiger partial charge is 0.328 e. The van der Waals surface area contributed by atoms with Crippen LogP contribution >= 0.6 is 22.6 Å². The van der Waals surface area contributed by atoms with Crippen molar-refractivity contribution in [1.82, 2.24) is 0 Å². The lowest BCUT2D eigenvalue weighted by molar-refractivity contribution is 0.667. The van der Waals surface area contributed by atoms with Gasteiger partial charge in [0.2, 0.25) is 0 Å². The highest BCUT2D eigenvalue weighted by molar-refractivity contribution is 14.1. The van der Waals surface area contributed by atoms with Gasteiger partial charge in [-0.1, -0.05) is 12.1 Å². The molecule has 0 aliphatic heterocycles. The van der Waals surface area contributed by atoms with E-state index in [0.717, 1.165) is 12.0 Å². The molecule has 2 atom stereocenters. The minimum Gasteiger partial charge on any atom is -0.328 e. The molecule has 0 aliphatic carbocycles. The Hall–Kier alpha value is 0.0600. The van der Waals surface area contributed by atoms with E-state index in [1.54, 1.807) is 0 Å². The summed E-state index contributed by atoms with van der Waals surface area (Å²) in [5.41, 5.74) is 6.76. The number of rotatable bonds is 5. The van der Waals surface area contributed by atoms with Gasteiger partial charge < -0.3 is 5.73 Å². The van der Waals surface area contributed by atoms with Crippen molar-refractivity contribution in [3.8, 4) is 0 Å². The SMILES string of the molecule is CC(N)CCS(=O)Cc1ccc(I)cc1. The molecule has 1 aromatic carbocycles. The van der Waals surface area contributed by atoms with Gasteiger partial charge in [0.15, 0.2) is 0 Å². The Bertz CT molecular complexity index is 324. The molecule has 0 saturated carbocycles. The van der Waals surface area contributed by atoms with Crippen molar-refractivity contribution in [2.45, 2.75) is 25.1 Å². The van der Waals surface area contributed by atoms with E-state index in [1.165, 1.54) is 3.57 Å². The van der Waals surface area contributed by atoms with Gasteiger partial charge in [-0.2, -0.15) is 0 Å². The van der Waals surface area contributed by atoms with E-state index < -0.39 is 10.8 Å². The van der Waals surface area contributed by atoms with Crippen molar-refractivity contribution in [2.24, 2.45) is 5.73 Å². The van der Waals surface area contributed by atoms with Gasteiger partial charge in [0.1, 0.15) is 0 Å². The van der Waals surface area contributed by atoms with Crippen LogP contribution < -0.4 is 5.73 Å². The molecule has 1 aromatic rings. The molecule has 1 rings (SSSR count). The van der Waals surface area contributed by atoms with Crippen LogP contribution in [-0.4, -0.2) is 16.0 Å². The lowest BCUT2D eigenvalue weighted by atomic mass is 10.2. The van der Waals surface area contributed by atoms with Crippen LogP contribution in [0.25, 0.3) is 0 Å². The molecule has 2 nitrogen and oxygen atoms in total. The van der Waals surface area contributed by atoms with Gasteiger partial charge in [-0.3, -0.25) is 4.21 Å². The number of nitrogens with two attached hydrogens (primary N) is 1. The summed E-state index contributed by atoms with van der Waals surface area (Å²) in [6, 6.07) is 8.29. The summed E-state index contributed by atoms with van der Waals surface area (Å²) in [5.74, 6) is 1.34. The lowest BCUT2D eigenvalue weighted by Crippen LogP contribution is -2.18. The first-order valence-corrected chi connectivity index (χ1v) is 7.49. The number of halogens is 1. The first-order chi connectivity index (χ1) is 7.08. The summed E-state index contributed by atoms with van der Waals surface area (Å²) in [5, 5.41) is 0. The fourth-order valence-electron chi connectivity index (χ4n) is 1.16. The predicted molar refractivity (Wildman–Crippen MR) is 74.1 cm³/mol. The molecule has 84 valence electrons. The zero-order valence-corrected chi connectivity index (χ0v) is 11.8. The van der Waals surface area contributed by atoms with E-state index in [9.17, 15) is 4.21 Å². The fraction of sp³-hybridized carbons (Fsp3) is 0.455. The quantitative estimate of drug-likeness (QED) is 0.838. The minimum absolute atomic E-state index is 0.144. The number of benzene rings is 1. The van der Waals surface area contributed by atoms with Gasteiger partial charge >= 0.3 is 0 Å². The van der Waals surface area contributed by atoms with E-state index in [1.807, 2.05) is 31.2 Å². The molecule has 0 heterocycles. The summed E-state index contributed by atoms with van der Waals surface area (Å²) in [7, 11) is -0.781. The third kappa shape index (κ3) is 5.63. The topological polar surface area (TPSA) is 43.1 Å². The van der Waals surface area contributed by atoms with Crippen molar-refractivity contribution < 1.29 is 4.21 Å². The molecule has 0 spiro atoms. The molecule has 0 aliphatic rings. The van der Waals surface area contributed by atoms with Crippen LogP contribution in [0.2, 0.25) is 0 Å². The summed E-state index contributed by atoms with van der Waals surface area (Å²) in [6.45, 7) is 1.95. The lowest BCUT2D eigenvalue weighted by Gasteiger charge is -2.05. The maximum absolute atomic E-state index is 11.7. The van der Waals surface area contributed by atoms with Crippen LogP contribution in [0.5, 0.6) is 0 Å². The van der Waals surface area contributed by atoms with Crippen LogP contribution in [0, 0.1) is 3.57 Å². The highest BCUT2D eigenvalue weighted by Crippen LogP contribution is 2.09. The van der Waals surface area contributed by atoms with Crippen LogP contribution in [-0.2, 0) is 16.6 Å². The summed E-state index contributed by atoms with van der Waals surface area (Å²) in [6.07, 6.45) is 0.830. The Labute approximate surface area is 107 Å². The monoisotopic (exact) mass is 337 g/mol. The predicted octanol–water partition coefficient (Wildman–Crippen LogP) is 2.28. The Balaban J connectivity index is 2.41. The molecule has 0 saturated heterocycles. The second-order valence-electron chi connectivity index (χ2n) is 3.68. The Kier molecular flexibility index (Phi) is 5.78. The van der Waals surface area contributed by atoms with Crippen molar-refractivity contribution in [3.63, 3.8) is 0 Å². The van der Waals surface area contributed by atoms with Crippen LogP contribution in [0.3, 0.4) is 0 Å². The molecular weight excluding hydrogens is 321 g/mol. The molecule has 4 heteroatoms. The Morgan fingerprint density at radius 3 is 2.53 bits per heavy atom. The van der Waals surface area contributed by atoms with Crippen molar-refractivity contribution in [2.75, 3.05) is 5.75 Å². The summed E-state index contributed by atoms with van der Waals surface area (Å²) in [4.78, 5) is 0. The molecule has 0 bridgehead atoms. The van der Waals surface area contributed by atoms with E-state index in [0.29, 0.717) is 11.5 Å². The standard InChI is InChI=1S/C11H16INOS/c1-9(13)6-7-15(14)8-10-2-4-11(12)5-3-10/h2-5,9H,6-8,13H2,1H3. The second kappa shape index (κ2) is 6.60. The van der Waals surface area contributed by atoms with E-state index in [2.05, 4.69) is 22.6 Å². The molecule has 0 aromatic heterocycles. The average Bonchev–Trinajstić information content (AvgIpc) is 2.19. The highest BCUT2D eigenvalue weighted by Gasteiger charge is 2.03. The molecule has 0 radical (unpaired) electrons. The molecule has 2 unspecified atom stereocenters. The van der Waals surface area contributed by atoms with Gasteiger partial charge in [-0.15, -0.1) is 0 Å². The zero-order chi connectivity index (χ0) is 11.3. The van der Waals surface area contributed by atoms with Gasteiger partial charge in [-0.25, -0.2) is 0 Å². The normalized spacial score (nSPS) is 14.9.